The summed E-state index contributed by atoms with van der Waals surface area (Å²) < 4.78 is 4.94. The molecule has 5 nitrogen and oxygen atoms in total. The Balaban J connectivity index is 2.25. The Hall–Kier alpha value is -1.36. The van der Waals surface area contributed by atoms with Crippen molar-refractivity contribution in [2.24, 2.45) is 0 Å². The van der Waals surface area contributed by atoms with Crippen LogP contribution in [-0.4, -0.2) is 34.8 Å². The van der Waals surface area contributed by atoms with Gasteiger partial charge < -0.3 is 15.2 Å². The highest BCUT2D eigenvalue weighted by atomic mass is 16.5. The topological polar surface area (TPSA) is 67.3 Å². The number of anilines is 1. The van der Waals surface area contributed by atoms with Crippen molar-refractivity contribution in [3.05, 3.63) is 12.4 Å². The van der Waals surface area contributed by atoms with Gasteiger partial charge in [0.25, 0.3) is 0 Å². The highest BCUT2D eigenvalue weighted by molar-refractivity contribution is 5.26. The minimum absolute atomic E-state index is 0.247. The summed E-state index contributed by atoms with van der Waals surface area (Å²) in [6.45, 7) is 2.54. The standard InChI is InChI=1S/C10H17N3O2/c1-8(14)4-3-5-11-10-12-6-9(15-2)7-13-10/h6-8,14H,3-5H2,1-2H3,(H,11,12,13). The lowest BCUT2D eigenvalue weighted by Crippen LogP contribution is -2.08. The molecule has 1 heterocycles. The van der Waals surface area contributed by atoms with Gasteiger partial charge in [0.15, 0.2) is 5.75 Å². The third-order valence-corrected chi connectivity index (χ3v) is 1.95. The van der Waals surface area contributed by atoms with E-state index >= 15 is 0 Å². The van der Waals surface area contributed by atoms with Gasteiger partial charge in [-0.3, -0.25) is 0 Å². The van der Waals surface area contributed by atoms with Crippen LogP contribution in [0.5, 0.6) is 5.75 Å². The van der Waals surface area contributed by atoms with E-state index in [-0.39, 0.29) is 6.10 Å². The molecule has 1 aromatic rings. The third-order valence-electron chi connectivity index (χ3n) is 1.95. The van der Waals surface area contributed by atoms with E-state index in [1.165, 1.54) is 0 Å². The van der Waals surface area contributed by atoms with E-state index in [9.17, 15) is 0 Å². The summed E-state index contributed by atoms with van der Waals surface area (Å²) in [6, 6.07) is 0. The zero-order valence-electron chi connectivity index (χ0n) is 9.10. The van der Waals surface area contributed by atoms with E-state index in [0.717, 1.165) is 19.4 Å². The summed E-state index contributed by atoms with van der Waals surface area (Å²) in [7, 11) is 1.58. The lowest BCUT2D eigenvalue weighted by Gasteiger charge is -2.06. The Labute approximate surface area is 89.5 Å². The molecule has 0 aromatic carbocycles. The number of aromatic nitrogens is 2. The van der Waals surface area contributed by atoms with E-state index in [4.69, 9.17) is 9.84 Å². The van der Waals surface area contributed by atoms with E-state index in [1.807, 2.05) is 0 Å². The van der Waals surface area contributed by atoms with Gasteiger partial charge in [-0.1, -0.05) is 0 Å². The molecule has 0 fully saturated rings. The molecule has 84 valence electrons. The normalized spacial score (nSPS) is 12.2. The second-order valence-electron chi connectivity index (χ2n) is 3.36. The van der Waals surface area contributed by atoms with Crippen molar-refractivity contribution < 1.29 is 9.84 Å². The fourth-order valence-corrected chi connectivity index (χ4v) is 1.11. The van der Waals surface area contributed by atoms with Crippen LogP contribution in [0.4, 0.5) is 5.95 Å². The first-order chi connectivity index (χ1) is 7.22. The Morgan fingerprint density at radius 3 is 2.67 bits per heavy atom. The minimum atomic E-state index is -0.247. The molecule has 0 radical (unpaired) electrons. The van der Waals surface area contributed by atoms with Crippen LogP contribution in [-0.2, 0) is 0 Å². The third kappa shape index (κ3) is 4.60. The zero-order chi connectivity index (χ0) is 11.1. The molecule has 0 spiro atoms. The minimum Gasteiger partial charge on any atom is -0.494 e. The Morgan fingerprint density at radius 2 is 2.13 bits per heavy atom. The molecule has 0 saturated carbocycles. The first-order valence-corrected chi connectivity index (χ1v) is 5.00. The Kier molecular flexibility index (Phi) is 4.83. The number of ether oxygens (including phenoxy) is 1. The number of methoxy groups -OCH3 is 1. The first-order valence-electron chi connectivity index (χ1n) is 5.00. The van der Waals surface area contributed by atoms with Crippen molar-refractivity contribution in [3.8, 4) is 5.75 Å². The second-order valence-corrected chi connectivity index (χ2v) is 3.36. The van der Waals surface area contributed by atoms with Gasteiger partial charge in [-0.15, -0.1) is 0 Å². The van der Waals surface area contributed by atoms with Gasteiger partial charge in [0.2, 0.25) is 5.95 Å². The highest BCUT2D eigenvalue weighted by Crippen LogP contribution is 2.07. The molecular formula is C10H17N3O2. The summed E-state index contributed by atoms with van der Waals surface area (Å²) in [5.74, 6) is 1.23. The van der Waals surface area contributed by atoms with Gasteiger partial charge in [-0.2, -0.15) is 0 Å². The maximum atomic E-state index is 9.04. The fraction of sp³-hybridized carbons (Fsp3) is 0.600. The summed E-state index contributed by atoms with van der Waals surface area (Å²) >= 11 is 0. The highest BCUT2D eigenvalue weighted by Gasteiger charge is 1.98. The summed E-state index contributed by atoms with van der Waals surface area (Å²) in [5.41, 5.74) is 0. The zero-order valence-corrected chi connectivity index (χ0v) is 9.10. The monoisotopic (exact) mass is 211 g/mol. The van der Waals surface area contributed by atoms with E-state index in [1.54, 1.807) is 26.4 Å². The molecular weight excluding hydrogens is 194 g/mol. The molecule has 0 aliphatic rings. The largest absolute Gasteiger partial charge is 0.494 e. The summed E-state index contributed by atoms with van der Waals surface area (Å²) in [4.78, 5) is 8.11. The fourth-order valence-electron chi connectivity index (χ4n) is 1.11. The predicted molar refractivity (Wildman–Crippen MR) is 58.0 cm³/mol. The number of hydrogen-bond donors (Lipinski definition) is 2. The Bertz CT molecular complexity index is 275. The van der Waals surface area contributed by atoms with Crippen molar-refractivity contribution in [2.45, 2.75) is 25.9 Å². The van der Waals surface area contributed by atoms with Crippen LogP contribution in [0.15, 0.2) is 12.4 Å². The van der Waals surface area contributed by atoms with Crippen LogP contribution in [0.25, 0.3) is 0 Å². The molecule has 1 aromatic heterocycles. The summed E-state index contributed by atoms with van der Waals surface area (Å²) in [6.07, 6.45) is 4.66. The number of nitrogens with zero attached hydrogens (tertiary/aromatic N) is 2. The summed E-state index contributed by atoms with van der Waals surface area (Å²) in [5, 5.41) is 12.1. The lowest BCUT2D eigenvalue weighted by atomic mass is 10.2. The molecule has 0 bridgehead atoms. The van der Waals surface area contributed by atoms with E-state index in [0.29, 0.717) is 11.7 Å². The van der Waals surface area contributed by atoms with Gasteiger partial charge in [0.05, 0.1) is 25.6 Å². The quantitative estimate of drug-likeness (QED) is 0.689. The van der Waals surface area contributed by atoms with Crippen LogP contribution in [0.2, 0.25) is 0 Å². The molecule has 0 saturated heterocycles. The maximum Gasteiger partial charge on any atom is 0.222 e. The van der Waals surface area contributed by atoms with Crippen LogP contribution < -0.4 is 10.1 Å². The number of aliphatic hydroxyl groups is 1. The van der Waals surface area contributed by atoms with Crippen molar-refractivity contribution in [1.82, 2.24) is 9.97 Å². The smallest absolute Gasteiger partial charge is 0.222 e. The second kappa shape index (κ2) is 6.19. The van der Waals surface area contributed by atoms with Gasteiger partial charge in [0.1, 0.15) is 0 Å². The van der Waals surface area contributed by atoms with Crippen LogP contribution in [0.1, 0.15) is 19.8 Å². The molecule has 1 atom stereocenters. The molecule has 1 unspecified atom stereocenters. The molecule has 0 aliphatic carbocycles. The molecule has 0 amide bonds. The van der Waals surface area contributed by atoms with Crippen molar-refractivity contribution in [2.75, 3.05) is 19.0 Å². The average molecular weight is 211 g/mol. The van der Waals surface area contributed by atoms with Gasteiger partial charge in [-0.05, 0) is 19.8 Å². The molecule has 0 aliphatic heterocycles. The maximum absolute atomic E-state index is 9.04. The van der Waals surface area contributed by atoms with Gasteiger partial charge in [0, 0.05) is 6.54 Å². The van der Waals surface area contributed by atoms with Crippen molar-refractivity contribution in [3.63, 3.8) is 0 Å². The average Bonchev–Trinajstić information content (AvgIpc) is 2.25. The first kappa shape index (κ1) is 11.7. The lowest BCUT2D eigenvalue weighted by molar-refractivity contribution is 0.183. The molecule has 5 heteroatoms. The van der Waals surface area contributed by atoms with Gasteiger partial charge >= 0.3 is 0 Å². The number of rotatable bonds is 6. The predicted octanol–water partition coefficient (Wildman–Crippen LogP) is 1.06. The van der Waals surface area contributed by atoms with Crippen molar-refractivity contribution >= 4 is 5.95 Å². The number of aliphatic hydroxyl groups excluding tert-OH is 1. The molecule has 15 heavy (non-hydrogen) atoms. The molecule has 1 rings (SSSR count). The number of hydrogen-bond acceptors (Lipinski definition) is 5. The van der Waals surface area contributed by atoms with Crippen LogP contribution >= 0.6 is 0 Å². The van der Waals surface area contributed by atoms with Crippen LogP contribution in [0.3, 0.4) is 0 Å². The SMILES string of the molecule is COc1cnc(NCCCC(C)O)nc1. The van der Waals surface area contributed by atoms with Gasteiger partial charge in [-0.25, -0.2) is 9.97 Å². The van der Waals surface area contributed by atoms with E-state index < -0.39 is 0 Å². The van der Waals surface area contributed by atoms with Crippen molar-refractivity contribution in [1.29, 1.82) is 0 Å². The Morgan fingerprint density at radius 1 is 1.47 bits per heavy atom. The van der Waals surface area contributed by atoms with E-state index in [2.05, 4.69) is 15.3 Å². The molecule has 2 N–H and O–H groups in total. The van der Waals surface area contributed by atoms with Crippen LogP contribution in [0, 0.1) is 0 Å². The number of nitrogens with one attached hydrogen (secondary N) is 1.